The highest BCUT2D eigenvalue weighted by Gasteiger charge is 2.08. The summed E-state index contributed by atoms with van der Waals surface area (Å²) in [4.78, 5) is 24.0. The second kappa shape index (κ2) is 9.97. The molecule has 1 amide bonds. The molecule has 0 fully saturated rings. The van der Waals surface area contributed by atoms with Gasteiger partial charge in [0.25, 0.3) is 0 Å². The van der Waals surface area contributed by atoms with E-state index in [0.29, 0.717) is 19.3 Å². The fourth-order valence-electron chi connectivity index (χ4n) is 2.19. The predicted octanol–water partition coefficient (Wildman–Crippen LogP) is 3.11. The summed E-state index contributed by atoms with van der Waals surface area (Å²) < 4.78 is 0. The Balaban J connectivity index is 2.08. The predicted molar refractivity (Wildman–Crippen MR) is 83.1 cm³/mol. The minimum absolute atomic E-state index is 0.111. The van der Waals surface area contributed by atoms with Gasteiger partial charge in [0.15, 0.2) is 0 Å². The first-order valence-electron chi connectivity index (χ1n) is 7.59. The molecule has 1 aromatic rings. The summed E-state index contributed by atoms with van der Waals surface area (Å²) in [5, 5.41) is 8.53. The molecular formula is C17H25NO3. The van der Waals surface area contributed by atoms with E-state index in [2.05, 4.69) is 12.1 Å². The maximum Gasteiger partial charge on any atom is 0.303 e. The summed E-state index contributed by atoms with van der Waals surface area (Å²) in [6.45, 7) is 0.768. The van der Waals surface area contributed by atoms with E-state index in [-0.39, 0.29) is 12.3 Å². The van der Waals surface area contributed by atoms with Crippen molar-refractivity contribution in [3.63, 3.8) is 0 Å². The zero-order valence-electron chi connectivity index (χ0n) is 12.8. The Kier molecular flexibility index (Phi) is 8.17. The number of hydrogen-bond donors (Lipinski definition) is 1. The summed E-state index contributed by atoms with van der Waals surface area (Å²) in [5.41, 5.74) is 1.33. The summed E-state index contributed by atoms with van der Waals surface area (Å²) >= 11 is 0. The maximum absolute atomic E-state index is 11.8. The zero-order valence-corrected chi connectivity index (χ0v) is 12.8. The first-order chi connectivity index (χ1) is 10.1. The Bertz CT molecular complexity index is 431. The Morgan fingerprint density at radius 3 is 2.33 bits per heavy atom. The van der Waals surface area contributed by atoms with Crippen LogP contribution in [0.25, 0.3) is 0 Å². The van der Waals surface area contributed by atoms with E-state index in [9.17, 15) is 9.59 Å². The van der Waals surface area contributed by atoms with Crippen molar-refractivity contribution in [1.29, 1.82) is 0 Å². The Morgan fingerprint density at radius 2 is 1.67 bits per heavy atom. The van der Waals surface area contributed by atoms with Crippen LogP contribution in [0.1, 0.15) is 44.1 Å². The van der Waals surface area contributed by atoms with Gasteiger partial charge in [0, 0.05) is 26.4 Å². The molecule has 0 saturated heterocycles. The molecule has 1 aromatic carbocycles. The average molecular weight is 291 g/mol. The molecule has 0 saturated carbocycles. The van der Waals surface area contributed by atoms with E-state index in [1.165, 1.54) is 5.56 Å². The summed E-state index contributed by atoms with van der Waals surface area (Å²) in [5.74, 6) is -0.684. The molecule has 1 rings (SSSR count). The Morgan fingerprint density at radius 1 is 1.00 bits per heavy atom. The first-order valence-corrected chi connectivity index (χ1v) is 7.59. The van der Waals surface area contributed by atoms with Gasteiger partial charge >= 0.3 is 5.97 Å². The van der Waals surface area contributed by atoms with Crippen molar-refractivity contribution in [3.8, 4) is 0 Å². The molecule has 4 heteroatoms. The molecule has 0 atom stereocenters. The third-order valence-corrected chi connectivity index (χ3v) is 3.51. The summed E-state index contributed by atoms with van der Waals surface area (Å²) in [6, 6.07) is 10.3. The fourth-order valence-corrected chi connectivity index (χ4v) is 2.19. The van der Waals surface area contributed by atoms with Gasteiger partial charge in [0.1, 0.15) is 0 Å². The van der Waals surface area contributed by atoms with E-state index in [4.69, 9.17) is 5.11 Å². The van der Waals surface area contributed by atoms with Crippen LogP contribution < -0.4 is 0 Å². The number of aryl methyl sites for hydroxylation is 1. The Hall–Kier alpha value is -1.84. The van der Waals surface area contributed by atoms with Crippen molar-refractivity contribution in [2.24, 2.45) is 0 Å². The van der Waals surface area contributed by atoms with Crippen molar-refractivity contribution in [2.75, 3.05) is 13.6 Å². The normalized spacial score (nSPS) is 10.3. The van der Waals surface area contributed by atoms with E-state index in [1.54, 1.807) is 4.90 Å². The fraction of sp³-hybridized carbons (Fsp3) is 0.529. The topological polar surface area (TPSA) is 57.6 Å². The smallest absolute Gasteiger partial charge is 0.303 e. The second-order valence-corrected chi connectivity index (χ2v) is 5.36. The number of carbonyl (C=O) groups is 2. The van der Waals surface area contributed by atoms with Crippen molar-refractivity contribution in [1.82, 2.24) is 4.90 Å². The van der Waals surface area contributed by atoms with Crippen molar-refractivity contribution in [3.05, 3.63) is 35.9 Å². The van der Waals surface area contributed by atoms with Crippen LogP contribution >= 0.6 is 0 Å². The van der Waals surface area contributed by atoms with E-state index in [1.807, 2.05) is 25.2 Å². The van der Waals surface area contributed by atoms with E-state index in [0.717, 1.165) is 25.8 Å². The Labute approximate surface area is 126 Å². The van der Waals surface area contributed by atoms with Gasteiger partial charge in [-0.3, -0.25) is 9.59 Å². The summed E-state index contributed by atoms with van der Waals surface area (Å²) in [6.07, 6.45) is 4.92. The van der Waals surface area contributed by atoms with E-state index < -0.39 is 5.97 Å². The molecule has 0 aliphatic carbocycles. The SMILES string of the molecule is CN(CCCCc1ccccc1)C(=O)CCCCC(=O)O. The quantitative estimate of drug-likeness (QED) is 0.674. The average Bonchev–Trinajstić information content (AvgIpc) is 2.48. The molecule has 116 valence electrons. The van der Waals surface area contributed by atoms with Crippen LogP contribution in [0, 0.1) is 0 Å². The minimum atomic E-state index is -0.795. The second-order valence-electron chi connectivity index (χ2n) is 5.36. The number of unbranched alkanes of at least 4 members (excludes halogenated alkanes) is 2. The molecular weight excluding hydrogens is 266 g/mol. The van der Waals surface area contributed by atoms with Crippen LogP contribution in [-0.2, 0) is 16.0 Å². The molecule has 0 radical (unpaired) electrons. The molecule has 0 aromatic heterocycles. The van der Waals surface area contributed by atoms with Crippen LogP contribution in [0.5, 0.6) is 0 Å². The first kappa shape index (κ1) is 17.2. The number of rotatable bonds is 10. The molecule has 0 unspecified atom stereocenters. The van der Waals surface area contributed by atoms with Crippen molar-refractivity contribution >= 4 is 11.9 Å². The van der Waals surface area contributed by atoms with Gasteiger partial charge < -0.3 is 10.0 Å². The van der Waals surface area contributed by atoms with Gasteiger partial charge in [0.05, 0.1) is 0 Å². The van der Waals surface area contributed by atoms with Gasteiger partial charge in [-0.05, 0) is 37.7 Å². The number of amides is 1. The van der Waals surface area contributed by atoms with Crippen LogP contribution in [0.4, 0.5) is 0 Å². The molecule has 0 aliphatic rings. The minimum Gasteiger partial charge on any atom is -0.481 e. The highest BCUT2D eigenvalue weighted by atomic mass is 16.4. The van der Waals surface area contributed by atoms with Crippen molar-refractivity contribution < 1.29 is 14.7 Å². The molecule has 0 heterocycles. The van der Waals surface area contributed by atoms with Crippen molar-refractivity contribution in [2.45, 2.75) is 44.9 Å². The standard InChI is InChI=1S/C17H25NO3/c1-18(16(19)12-5-6-13-17(20)21)14-8-7-11-15-9-3-2-4-10-15/h2-4,9-10H,5-8,11-14H2,1H3,(H,20,21). The zero-order chi connectivity index (χ0) is 15.5. The largest absolute Gasteiger partial charge is 0.481 e. The number of aliphatic carboxylic acids is 1. The lowest BCUT2D eigenvalue weighted by molar-refractivity contribution is -0.137. The summed E-state index contributed by atoms with van der Waals surface area (Å²) in [7, 11) is 1.82. The van der Waals surface area contributed by atoms with Crippen LogP contribution in [-0.4, -0.2) is 35.5 Å². The van der Waals surface area contributed by atoms with Crippen LogP contribution in [0.15, 0.2) is 30.3 Å². The molecule has 21 heavy (non-hydrogen) atoms. The van der Waals surface area contributed by atoms with Gasteiger partial charge in [-0.1, -0.05) is 30.3 Å². The lowest BCUT2D eigenvalue weighted by Gasteiger charge is -2.17. The number of nitrogens with zero attached hydrogens (tertiary/aromatic N) is 1. The maximum atomic E-state index is 11.8. The molecule has 0 bridgehead atoms. The number of carboxylic acid groups (broad SMARTS) is 1. The third-order valence-electron chi connectivity index (χ3n) is 3.51. The highest BCUT2D eigenvalue weighted by molar-refractivity contribution is 5.75. The number of carbonyl (C=O) groups excluding carboxylic acids is 1. The molecule has 4 nitrogen and oxygen atoms in total. The monoisotopic (exact) mass is 291 g/mol. The lowest BCUT2D eigenvalue weighted by atomic mass is 10.1. The highest BCUT2D eigenvalue weighted by Crippen LogP contribution is 2.07. The van der Waals surface area contributed by atoms with Gasteiger partial charge in [-0.15, -0.1) is 0 Å². The number of benzene rings is 1. The third kappa shape index (κ3) is 8.12. The molecule has 1 N–H and O–H groups in total. The molecule has 0 aliphatic heterocycles. The van der Waals surface area contributed by atoms with Crippen LogP contribution in [0.3, 0.4) is 0 Å². The number of hydrogen-bond acceptors (Lipinski definition) is 2. The van der Waals surface area contributed by atoms with Gasteiger partial charge in [0.2, 0.25) is 5.91 Å². The van der Waals surface area contributed by atoms with Crippen LogP contribution in [0.2, 0.25) is 0 Å². The molecule has 0 spiro atoms. The van der Waals surface area contributed by atoms with Gasteiger partial charge in [-0.25, -0.2) is 0 Å². The number of carboxylic acids is 1. The lowest BCUT2D eigenvalue weighted by Crippen LogP contribution is -2.27. The van der Waals surface area contributed by atoms with Gasteiger partial charge in [-0.2, -0.15) is 0 Å². The van der Waals surface area contributed by atoms with E-state index >= 15 is 0 Å².